The number of aryl methyl sites for hydroxylation is 1. The molecule has 0 fully saturated rings. The van der Waals surface area contributed by atoms with Crippen molar-refractivity contribution in [3.8, 4) is 17.2 Å². The molecule has 0 spiro atoms. The Morgan fingerprint density at radius 1 is 0.944 bits per heavy atom. The third kappa shape index (κ3) is 4.61. The van der Waals surface area contributed by atoms with Crippen molar-refractivity contribution < 1.29 is 23.8 Å². The fourth-order valence-corrected chi connectivity index (χ4v) is 4.86. The molecule has 0 saturated heterocycles. The van der Waals surface area contributed by atoms with E-state index in [1.807, 2.05) is 68.4 Å². The van der Waals surface area contributed by atoms with Crippen LogP contribution in [0.3, 0.4) is 0 Å². The average molecular weight is 489 g/mol. The first kappa shape index (κ1) is 25.1. The molecule has 0 aliphatic carbocycles. The van der Waals surface area contributed by atoms with Gasteiger partial charge in [-0.05, 0) is 54.8 Å². The van der Waals surface area contributed by atoms with Gasteiger partial charge in [-0.3, -0.25) is 9.59 Å². The van der Waals surface area contributed by atoms with Crippen molar-refractivity contribution in [1.29, 1.82) is 0 Å². The summed E-state index contributed by atoms with van der Waals surface area (Å²) in [5.41, 5.74) is 3.76. The summed E-state index contributed by atoms with van der Waals surface area (Å²) < 4.78 is 16.7. The molecule has 3 aromatic carbocycles. The van der Waals surface area contributed by atoms with E-state index in [0.29, 0.717) is 40.6 Å². The van der Waals surface area contributed by atoms with E-state index < -0.39 is 12.0 Å². The number of methoxy groups -OCH3 is 3. The maximum atomic E-state index is 14.0. The predicted molar refractivity (Wildman–Crippen MR) is 139 cm³/mol. The van der Waals surface area contributed by atoms with Crippen LogP contribution in [-0.2, 0) is 4.79 Å². The smallest absolute Gasteiger partial charge is 0.254 e. The molecule has 36 heavy (non-hydrogen) atoms. The quantitative estimate of drug-likeness (QED) is 0.463. The van der Waals surface area contributed by atoms with Crippen molar-refractivity contribution >= 4 is 17.5 Å². The Kier molecular flexibility index (Phi) is 7.48. The van der Waals surface area contributed by atoms with E-state index in [0.717, 1.165) is 17.5 Å². The van der Waals surface area contributed by atoms with Crippen LogP contribution in [0, 0.1) is 6.92 Å². The van der Waals surface area contributed by atoms with Crippen molar-refractivity contribution in [2.75, 3.05) is 33.2 Å². The second kappa shape index (κ2) is 10.7. The van der Waals surface area contributed by atoms with Crippen LogP contribution in [0.25, 0.3) is 0 Å². The number of nitrogens with one attached hydrogen (secondary N) is 1. The fraction of sp³-hybridized carbons (Fsp3) is 0.310. The zero-order chi connectivity index (χ0) is 25.8. The van der Waals surface area contributed by atoms with Gasteiger partial charge in [0.15, 0.2) is 11.5 Å². The molecule has 0 unspecified atom stereocenters. The summed E-state index contributed by atoms with van der Waals surface area (Å²) in [7, 11) is 4.64. The van der Waals surface area contributed by atoms with E-state index in [2.05, 4.69) is 5.32 Å². The molecule has 0 radical (unpaired) electrons. The summed E-state index contributed by atoms with van der Waals surface area (Å²) in [5.74, 6) is 0.424. The predicted octanol–water partition coefficient (Wildman–Crippen LogP) is 5.35. The molecular weight excluding hydrogens is 456 g/mol. The van der Waals surface area contributed by atoms with Crippen LogP contribution in [0.15, 0.2) is 60.7 Å². The fourth-order valence-electron chi connectivity index (χ4n) is 4.86. The maximum Gasteiger partial charge on any atom is 0.254 e. The van der Waals surface area contributed by atoms with Crippen LogP contribution in [0.5, 0.6) is 17.2 Å². The number of hydrogen-bond acceptors (Lipinski definition) is 5. The van der Waals surface area contributed by atoms with Gasteiger partial charge in [0.05, 0.1) is 33.3 Å². The summed E-state index contributed by atoms with van der Waals surface area (Å²) >= 11 is 0. The molecule has 1 N–H and O–H groups in total. The van der Waals surface area contributed by atoms with Gasteiger partial charge in [0.2, 0.25) is 11.7 Å². The molecule has 0 aromatic heterocycles. The monoisotopic (exact) mass is 488 g/mol. The summed E-state index contributed by atoms with van der Waals surface area (Å²) in [6.45, 7) is 4.50. The lowest BCUT2D eigenvalue weighted by atomic mass is 9.78. The van der Waals surface area contributed by atoms with E-state index in [1.165, 1.54) is 0 Å². The number of carbonyl (C=O) groups is 2. The van der Waals surface area contributed by atoms with E-state index >= 15 is 0 Å². The highest BCUT2D eigenvalue weighted by atomic mass is 16.5. The molecule has 2 atom stereocenters. The van der Waals surface area contributed by atoms with Gasteiger partial charge in [-0.15, -0.1) is 0 Å². The van der Waals surface area contributed by atoms with Gasteiger partial charge < -0.3 is 24.4 Å². The highest BCUT2D eigenvalue weighted by molar-refractivity contribution is 6.04. The van der Waals surface area contributed by atoms with Crippen LogP contribution in [0.4, 0.5) is 5.69 Å². The number of anilines is 1. The number of nitrogens with zero attached hydrogens (tertiary/aromatic N) is 1. The molecule has 1 aliphatic heterocycles. The molecular formula is C29H32N2O5. The maximum absolute atomic E-state index is 14.0. The van der Waals surface area contributed by atoms with Gasteiger partial charge in [-0.25, -0.2) is 0 Å². The standard InChI is InChI=1S/C29H32N2O5/c1-6-15-31-26(19-16-23(34-3)27(36-5)24(17-19)35-4)25(21-9-7-8-10-22(21)29(31)33)28(32)30-20-13-11-18(2)12-14-20/h7-14,16-17,25-26H,6,15H2,1-5H3,(H,30,32)/t25-,26-/m1/s1. The molecule has 4 rings (SSSR count). The van der Waals surface area contributed by atoms with Gasteiger partial charge in [-0.1, -0.05) is 42.8 Å². The van der Waals surface area contributed by atoms with E-state index in [-0.39, 0.29) is 11.8 Å². The summed E-state index contributed by atoms with van der Waals surface area (Å²) in [6, 6.07) is 18.1. The van der Waals surface area contributed by atoms with Crippen molar-refractivity contribution in [3.05, 3.63) is 82.9 Å². The first-order valence-electron chi connectivity index (χ1n) is 12.0. The van der Waals surface area contributed by atoms with Gasteiger partial charge in [0, 0.05) is 17.8 Å². The summed E-state index contributed by atoms with van der Waals surface area (Å²) in [4.78, 5) is 29.4. The van der Waals surface area contributed by atoms with Crippen LogP contribution in [0.2, 0.25) is 0 Å². The number of hydrogen-bond donors (Lipinski definition) is 1. The molecule has 7 heteroatoms. The molecule has 1 heterocycles. The number of ether oxygens (including phenoxy) is 3. The number of amides is 2. The first-order valence-corrected chi connectivity index (χ1v) is 12.0. The summed E-state index contributed by atoms with van der Waals surface area (Å²) in [5, 5.41) is 3.07. The average Bonchev–Trinajstić information content (AvgIpc) is 2.90. The first-order chi connectivity index (χ1) is 17.4. The molecule has 0 bridgehead atoms. The Balaban J connectivity index is 1.90. The second-order valence-corrected chi connectivity index (χ2v) is 8.82. The van der Waals surface area contributed by atoms with Crippen molar-refractivity contribution in [3.63, 3.8) is 0 Å². The summed E-state index contributed by atoms with van der Waals surface area (Å²) in [6.07, 6.45) is 0.737. The normalized spacial score (nSPS) is 16.8. The molecule has 1 aliphatic rings. The molecule has 188 valence electrons. The van der Waals surface area contributed by atoms with Crippen LogP contribution in [0.1, 0.15) is 52.4 Å². The molecule has 7 nitrogen and oxygen atoms in total. The Morgan fingerprint density at radius 2 is 1.58 bits per heavy atom. The lowest BCUT2D eigenvalue weighted by Gasteiger charge is -2.42. The highest BCUT2D eigenvalue weighted by Crippen LogP contribution is 2.47. The molecule has 2 amide bonds. The van der Waals surface area contributed by atoms with Crippen molar-refractivity contribution in [2.45, 2.75) is 32.2 Å². The SMILES string of the molecule is CCCN1C(=O)c2ccccc2[C@@H](C(=O)Nc2ccc(C)cc2)[C@H]1c1cc(OC)c(OC)c(OC)c1. The van der Waals surface area contributed by atoms with Gasteiger partial charge in [0.25, 0.3) is 5.91 Å². The minimum absolute atomic E-state index is 0.106. The Morgan fingerprint density at radius 3 is 2.17 bits per heavy atom. The second-order valence-electron chi connectivity index (χ2n) is 8.82. The van der Waals surface area contributed by atoms with Crippen LogP contribution >= 0.6 is 0 Å². The third-order valence-electron chi connectivity index (χ3n) is 6.53. The lowest BCUT2D eigenvalue weighted by molar-refractivity contribution is -0.119. The molecule has 0 saturated carbocycles. The highest BCUT2D eigenvalue weighted by Gasteiger charge is 2.44. The third-order valence-corrected chi connectivity index (χ3v) is 6.53. The molecule has 3 aromatic rings. The Bertz CT molecular complexity index is 1230. The zero-order valence-corrected chi connectivity index (χ0v) is 21.3. The Hall–Kier alpha value is -4.00. The number of rotatable bonds is 8. The van der Waals surface area contributed by atoms with Gasteiger partial charge >= 0.3 is 0 Å². The van der Waals surface area contributed by atoms with Crippen molar-refractivity contribution in [2.24, 2.45) is 0 Å². The van der Waals surface area contributed by atoms with Crippen LogP contribution in [-0.4, -0.2) is 44.6 Å². The largest absolute Gasteiger partial charge is 0.493 e. The van der Waals surface area contributed by atoms with Gasteiger partial charge in [0.1, 0.15) is 0 Å². The topological polar surface area (TPSA) is 77.1 Å². The minimum atomic E-state index is -0.658. The van der Waals surface area contributed by atoms with E-state index in [9.17, 15) is 9.59 Å². The lowest BCUT2D eigenvalue weighted by Crippen LogP contribution is -2.46. The minimum Gasteiger partial charge on any atom is -0.493 e. The zero-order valence-electron chi connectivity index (χ0n) is 21.3. The van der Waals surface area contributed by atoms with Crippen LogP contribution < -0.4 is 19.5 Å². The van der Waals surface area contributed by atoms with E-state index in [4.69, 9.17) is 14.2 Å². The van der Waals surface area contributed by atoms with Gasteiger partial charge in [-0.2, -0.15) is 0 Å². The number of fused-ring (bicyclic) bond motifs is 1. The number of carbonyl (C=O) groups excluding carboxylic acids is 2. The van der Waals surface area contributed by atoms with E-state index in [1.54, 1.807) is 32.3 Å². The number of benzene rings is 3. The Labute approximate surface area is 212 Å². The van der Waals surface area contributed by atoms with Crippen molar-refractivity contribution in [1.82, 2.24) is 4.90 Å².